The van der Waals surface area contributed by atoms with Gasteiger partial charge in [-0.15, -0.1) is 18.2 Å². The molecule has 1 aliphatic heterocycles. The number of hydrogen-bond donors (Lipinski definition) is 0. The van der Waals surface area contributed by atoms with E-state index in [1.165, 1.54) is 11.0 Å². The zero-order chi connectivity index (χ0) is 12.5. The highest BCUT2D eigenvalue weighted by atomic mass is 32.2. The molecule has 88 valence electrons. The molecule has 2 aromatic carbocycles. The summed E-state index contributed by atoms with van der Waals surface area (Å²) in [4.78, 5) is 1.19. The van der Waals surface area contributed by atoms with Crippen molar-refractivity contribution >= 4 is 11.8 Å². The Morgan fingerprint density at radius 2 is 2.00 bits per heavy atom. The molecule has 0 fully saturated rings. The first-order valence-corrected chi connectivity index (χ1v) is 6.74. The molecule has 2 heteroatoms. The molecule has 1 heterocycles. The van der Waals surface area contributed by atoms with E-state index in [0.29, 0.717) is 0 Å². The quantitative estimate of drug-likeness (QED) is 0.635. The van der Waals surface area contributed by atoms with Crippen molar-refractivity contribution in [1.29, 1.82) is 0 Å². The van der Waals surface area contributed by atoms with E-state index in [4.69, 9.17) is 6.42 Å². The Kier molecular flexibility index (Phi) is 2.85. The number of rotatable bonds is 0. The third-order valence-corrected chi connectivity index (χ3v) is 4.33. The summed E-state index contributed by atoms with van der Waals surface area (Å²) in [6.07, 6.45) is 5.69. The molecule has 0 saturated carbocycles. The number of fused-ring (bicyclic) bond motifs is 2. The maximum Gasteiger partial charge on any atom is 0.123 e. The summed E-state index contributed by atoms with van der Waals surface area (Å²) >= 11 is 1.72. The second kappa shape index (κ2) is 4.51. The maximum atomic E-state index is 13.3. The van der Waals surface area contributed by atoms with E-state index < -0.39 is 0 Å². The lowest BCUT2D eigenvalue weighted by Gasteiger charge is -2.13. The fourth-order valence-corrected chi connectivity index (χ4v) is 3.42. The predicted molar refractivity (Wildman–Crippen MR) is 73.1 cm³/mol. The molecule has 0 aromatic heterocycles. The van der Waals surface area contributed by atoms with Crippen LogP contribution in [-0.4, -0.2) is 0 Å². The normalized spacial score (nSPS) is 17.2. The van der Waals surface area contributed by atoms with Gasteiger partial charge in [0.2, 0.25) is 0 Å². The van der Waals surface area contributed by atoms with Crippen LogP contribution >= 0.6 is 11.8 Å². The van der Waals surface area contributed by atoms with Gasteiger partial charge in [-0.3, -0.25) is 0 Å². The number of benzene rings is 2. The first-order chi connectivity index (χ1) is 8.79. The molecule has 1 atom stereocenters. The van der Waals surface area contributed by atoms with E-state index in [1.807, 2.05) is 18.2 Å². The fourth-order valence-electron chi connectivity index (χ4n) is 2.33. The molecule has 0 amide bonds. The molecule has 0 bridgehead atoms. The SMILES string of the molecule is C#C[C@H]1c2ccc(F)cc2CSc2ccccc21. The summed E-state index contributed by atoms with van der Waals surface area (Å²) in [5.74, 6) is 3.33. The predicted octanol–water partition coefficient (Wildman–Crippen LogP) is 4.20. The van der Waals surface area contributed by atoms with Crippen molar-refractivity contribution < 1.29 is 4.39 Å². The molecule has 0 aliphatic carbocycles. The monoisotopic (exact) mass is 254 g/mol. The molecule has 0 spiro atoms. The van der Waals surface area contributed by atoms with Crippen molar-refractivity contribution in [3.8, 4) is 12.3 Å². The van der Waals surface area contributed by atoms with Gasteiger partial charge in [0.15, 0.2) is 0 Å². The van der Waals surface area contributed by atoms with Crippen LogP contribution in [0.25, 0.3) is 0 Å². The molecule has 1 aliphatic rings. The van der Waals surface area contributed by atoms with Crippen LogP contribution in [-0.2, 0) is 5.75 Å². The summed E-state index contributed by atoms with van der Waals surface area (Å²) in [5.41, 5.74) is 3.20. The minimum atomic E-state index is -0.198. The topological polar surface area (TPSA) is 0 Å². The number of hydrogen-bond acceptors (Lipinski definition) is 1. The van der Waals surface area contributed by atoms with E-state index in [-0.39, 0.29) is 11.7 Å². The van der Waals surface area contributed by atoms with Gasteiger partial charge >= 0.3 is 0 Å². The molecule has 0 radical (unpaired) electrons. The lowest BCUT2D eigenvalue weighted by atomic mass is 9.89. The van der Waals surface area contributed by atoms with Crippen LogP contribution in [0, 0.1) is 18.2 Å². The van der Waals surface area contributed by atoms with Crippen molar-refractivity contribution in [2.75, 3.05) is 0 Å². The molecule has 0 saturated heterocycles. The summed E-state index contributed by atoms with van der Waals surface area (Å²) in [6, 6.07) is 13.0. The lowest BCUT2D eigenvalue weighted by Crippen LogP contribution is -2.01. The Hall–Kier alpha value is -1.72. The smallest absolute Gasteiger partial charge is 0.123 e. The second-order valence-electron chi connectivity index (χ2n) is 4.27. The van der Waals surface area contributed by atoms with Crippen molar-refractivity contribution in [3.05, 3.63) is 65.0 Å². The van der Waals surface area contributed by atoms with Gasteiger partial charge in [-0.25, -0.2) is 4.39 Å². The minimum absolute atomic E-state index is 0.0770. The van der Waals surface area contributed by atoms with Crippen LogP contribution < -0.4 is 0 Å². The average Bonchev–Trinajstić information content (AvgIpc) is 2.55. The highest BCUT2D eigenvalue weighted by Gasteiger charge is 2.22. The van der Waals surface area contributed by atoms with Crippen LogP contribution in [0.15, 0.2) is 47.4 Å². The van der Waals surface area contributed by atoms with Gasteiger partial charge in [0, 0.05) is 10.6 Å². The fraction of sp³-hybridized carbons (Fsp3) is 0.125. The van der Waals surface area contributed by atoms with E-state index in [0.717, 1.165) is 22.4 Å². The first-order valence-electron chi connectivity index (χ1n) is 5.76. The molecule has 3 rings (SSSR count). The first kappa shape index (κ1) is 11.4. The largest absolute Gasteiger partial charge is 0.207 e. The van der Waals surface area contributed by atoms with Crippen molar-refractivity contribution in [1.82, 2.24) is 0 Å². The third-order valence-electron chi connectivity index (χ3n) is 3.20. The van der Waals surface area contributed by atoms with E-state index in [1.54, 1.807) is 17.8 Å². The van der Waals surface area contributed by atoms with Gasteiger partial charge in [0.1, 0.15) is 5.82 Å². The van der Waals surface area contributed by atoms with Gasteiger partial charge in [-0.05, 0) is 34.9 Å². The third kappa shape index (κ3) is 1.81. The molecule has 0 unspecified atom stereocenters. The van der Waals surface area contributed by atoms with Crippen molar-refractivity contribution in [2.24, 2.45) is 0 Å². The van der Waals surface area contributed by atoms with Gasteiger partial charge < -0.3 is 0 Å². The van der Waals surface area contributed by atoms with Gasteiger partial charge in [-0.1, -0.05) is 30.2 Å². The number of halogens is 1. The van der Waals surface area contributed by atoms with E-state index in [9.17, 15) is 4.39 Å². The van der Waals surface area contributed by atoms with Crippen LogP contribution in [0.3, 0.4) is 0 Å². The zero-order valence-corrected chi connectivity index (χ0v) is 10.5. The molecule has 0 N–H and O–H groups in total. The van der Waals surface area contributed by atoms with E-state index in [2.05, 4.69) is 18.1 Å². The Labute approximate surface area is 110 Å². The highest BCUT2D eigenvalue weighted by Crippen LogP contribution is 2.40. The standard InChI is InChI=1S/C16H11FS/c1-2-13-14-8-7-12(17)9-11(14)10-18-16-6-4-3-5-15(13)16/h1,3-9,13H,10H2/t13-/m0/s1. The lowest BCUT2D eigenvalue weighted by molar-refractivity contribution is 0.625. The Balaban J connectivity index is 2.22. The summed E-state index contributed by atoms with van der Waals surface area (Å²) in [6.45, 7) is 0. The zero-order valence-electron chi connectivity index (χ0n) is 9.69. The van der Waals surface area contributed by atoms with Crippen molar-refractivity contribution in [3.63, 3.8) is 0 Å². The highest BCUT2D eigenvalue weighted by molar-refractivity contribution is 7.98. The molecular formula is C16H11FS. The van der Waals surface area contributed by atoms with Crippen LogP contribution in [0.1, 0.15) is 22.6 Å². The van der Waals surface area contributed by atoms with Crippen LogP contribution in [0.4, 0.5) is 4.39 Å². The Morgan fingerprint density at radius 1 is 1.17 bits per heavy atom. The molecule has 0 nitrogen and oxygen atoms in total. The van der Waals surface area contributed by atoms with Gasteiger partial charge in [0.25, 0.3) is 0 Å². The van der Waals surface area contributed by atoms with Crippen LogP contribution in [0.5, 0.6) is 0 Å². The van der Waals surface area contributed by atoms with Crippen molar-refractivity contribution in [2.45, 2.75) is 16.6 Å². The summed E-state index contributed by atoms with van der Waals surface area (Å²) in [5, 5.41) is 0. The summed E-state index contributed by atoms with van der Waals surface area (Å²) < 4.78 is 13.3. The number of thioether (sulfide) groups is 1. The second-order valence-corrected chi connectivity index (χ2v) is 5.29. The Morgan fingerprint density at radius 3 is 2.83 bits per heavy atom. The molecule has 2 aromatic rings. The van der Waals surface area contributed by atoms with Gasteiger partial charge in [0.05, 0.1) is 5.92 Å². The Bertz CT molecular complexity index is 640. The minimum Gasteiger partial charge on any atom is -0.207 e. The van der Waals surface area contributed by atoms with Gasteiger partial charge in [-0.2, -0.15) is 0 Å². The van der Waals surface area contributed by atoms with Crippen LogP contribution in [0.2, 0.25) is 0 Å². The maximum absolute atomic E-state index is 13.3. The average molecular weight is 254 g/mol. The molecule has 18 heavy (non-hydrogen) atoms. The van der Waals surface area contributed by atoms with E-state index >= 15 is 0 Å². The molecular weight excluding hydrogens is 243 g/mol. The summed E-state index contributed by atoms with van der Waals surface area (Å²) in [7, 11) is 0. The number of terminal acetylenes is 1.